The normalized spacial score (nSPS) is 14.3. The van der Waals surface area contributed by atoms with Gasteiger partial charge in [0.25, 0.3) is 0 Å². The van der Waals surface area contributed by atoms with Crippen molar-refractivity contribution in [1.82, 2.24) is 0 Å². The monoisotopic (exact) mass is 215 g/mol. The van der Waals surface area contributed by atoms with Crippen molar-refractivity contribution in [3.63, 3.8) is 0 Å². The lowest BCUT2D eigenvalue weighted by molar-refractivity contribution is 0.0600. The van der Waals surface area contributed by atoms with Gasteiger partial charge in [0.05, 0.1) is 19.2 Å². The number of hydrogen-bond donors (Lipinski definition) is 0. The molecular weight excluding hydrogens is 202 g/mol. The van der Waals surface area contributed by atoms with Crippen LogP contribution in [-0.4, -0.2) is 13.1 Å². The number of rotatable bonds is 2. The van der Waals surface area contributed by atoms with Gasteiger partial charge in [0.15, 0.2) is 5.69 Å². The van der Waals surface area contributed by atoms with Crippen molar-refractivity contribution in [3.05, 3.63) is 40.2 Å². The van der Waals surface area contributed by atoms with E-state index in [0.717, 1.165) is 24.0 Å². The van der Waals surface area contributed by atoms with Crippen LogP contribution in [0.2, 0.25) is 0 Å². The van der Waals surface area contributed by atoms with Crippen molar-refractivity contribution in [1.29, 1.82) is 0 Å². The van der Waals surface area contributed by atoms with Gasteiger partial charge in [0.2, 0.25) is 0 Å². The number of benzene rings is 1. The summed E-state index contributed by atoms with van der Waals surface area (Å²) in [5, 5.41) is 0. The molecule has 2 rings (SSSR count). The Hall–Kier alpha value is -1.82. The Morgan fingerprint density at radius 2 is 2.19 bits per heavy atom. The molecule has 16 heavy (non-hydrogen) atoms. The Morgan fingerprint density at radius 1 is 1.50 bits per heavy atom. The lowest BCUT2D eigenvalue weighted by Crippen LogP contribution is -2.04. The molecule has 1 aliphatic carbocycles. The molecule has 3 nitrogen and oxygen atoms in total. The molecule has 0 unspecified atom stereocenters. The van der Waals surface area contributed by atoms with Gasteiger partial charge in [-0.25, -0.2) is 9.64 Å². The highest BCUT2D eigenvalue weighted by Gasteiger charge is 2.27. The molecule has 0 N–H and O–H groups in total. The Balaban J connectivity index is 2.50. The van der Waals surface area contributed by atoms with Gasteiger partial charge in [-0.05, 0) is 42.9 Å². The Bertz CT molecular complexity index is 481. The van der Waals surface area contributed by atoms with Gasteiger partial charge in [-0.3, -0.25) is 0 Å². The molecule has 1 fully saturated rings. The Morgan fingerprint density at radius 3 is 2.69 bits per heavy atom. The average Bonchev–Trinajstić information content (AvgIpc) is 3.11. The van der Waals surface area contributed by atoms with Crippen molar-refractivity contribution in [2.75, 3.05) is 7.11 Å². The van der Waals surface area contributed by atoms with Crippen LogP contribution < -0.4 is 0 Å². The van der Waals surface area contributed by atoms with Crippen LogP contribution in [0.4, 0.5) is 5.69 Å². The lowest BCUT2D eigenvalue weighted by Gasteiger charge is -2.08. The molecule has 1 aromatic carbocycles. The molecular formula is C13H13NO2. The fourth-order valence-electron chi connectivity index (χ4n) is 1.87. The predicted octanol–water partition coefficient (Wildman–Crippen LogP) is 3.21. The second kappa shape index (κ2) is 3.97. The first-order valence-corrected chi connectivity index (χ1v) is 5.27. The molecule has 82 valence electrons. The zero-order valence-corrected chi connectivity index (χ0v) is 9.41. The standard InChI is InChI=1S/C13H13NO2/c1-8-6-11(9-4-5-9)12(14-2)7-10(8)13(15)16-3/h6-7,9H,4-5H2,1,3H3. The summed E-state index contributed by atoms with van der Waals surface area (Å²) in [6.07, 6.45) is 2.30. The highest BCUT2D eigenvalue weighted by molar-refractivity contribution is 5.92. The fourth-order valence-corrected chi connectivity index (χ4v) is 1.87. The van der Waals surface area contributed by atoms with E-state index in [0.29, 0.717) is 17.2 Å². The maximum atomic E-state index is 11.5. The third-order valence-electron chi connectivity index (χ3n) is 2.92. The van der Waals surface area contributed by atoms with Crippen molar-refractivity contribution in [2.45, 2.75) is 25.7 Å². The number of hydrogen-bond acceptors (Lipinski definition) is 2. The van der Waals surface area contributed by atoms with Gasteiger partial charge in [0, 0.05) is 0 Å². The van der Waals surface area contributed by atoms with E-state index in [4.69, 9.17) is 11.3 Å². The summed E-state index contributed by atoms with van der Waals surface area (Å²) < 4.78 is 4.69. The maximum absolute atomic E-state index is 11.5. The summed E-state index contributed by atoms with van der Waals surface area (Å²) in [7, 11) is 1.36. The van der Waals surface area contributed by atoms with E-state index in [9.17, 15) is 4.79 Å². The van der Waals surface area contributed by atoms with Gasteiger partial charge in [-0.2, -0.15) is 0 Å². The van der Waals surface area contributed by atoms with E-state index in [-0.39, 0.29) is 5.97 Å². The Kier molecular flexibility index (Phi) is 2.66. The zero-order valence-electron chi connectivity index (χ0n) is 9.41. The molecule has 0 spiro atoms. The largest absolute Gasteiger partial charge is 0.465 e. The van der Waals surface area contributed by atoms with Crippen LogP contribution in [0.1, 0.15) is 40.2 Å². The molecule has 1 saturated carbocycles. The summed E-state index contributed by atoms with van der Waals surface area (Å²) in [5.74, 6) is 0.152. The van der Waals surface area contributed by atoms with Crippen molar-refractivity contribution in [3.8, 4) is 0 Å². The number of nitrogens with zero attached hydrogens (tertiary/aromatic N) is 1. The first kappa shape index (κ1) is 10.7. The van der Waals surface area contributed by atoms with Crippen molar-refractivity contribution < 1.29 is 9.53 Å². The topological polar surface area (TPSA) is 30.7 Å². The van der Waals surface area contributed by atoms with Crippen LogP contribution in [0.5, 0.6) is 0 Å². The molecule has 0 saturated heterocycles. The van der Waals surface area contributed by atoms with E-state index >= 15 is 0 Å². The van der Waals surface area contributed by atoms with E-state index in [1.807, 2.05) is 13.0 Å². The minimum atomic E-state index is -0.371. The van der Waals surface area contributed by atoms with Crippen LogP contribution in [0.25, 0.3) is 4.85 Å². The van der Waals surface area contributed by atoms with E-state index < -0.39 is 0 Å². The summed E-state index contributed by atoms with van der Waals surface area (Å²) in [4.78, 5) is 15.0. The summed E-state index contributed by atoms with van der Waals surface area (Å²) in [6.45, 7) is 9.02. The Labute approximate surface area is 94.9 Å². The minimum Gasteiger partial charge on any atom is -0.465 e. The van der Waals surface area contributed by atoms with Crippen molar-refractivity contribution in [2.24, 2.45) is 0 Å². The number of carbonyl (C=O) groups is 1. The smallest absolute Gasteiger partial charge is 0.336 e. The predicted molar refractivity (Wildman–Crippen MR) is 60.8 cm³/mol. The van der Waals surface area contributed by atoms with Gasteiger partial charge < -0.3 is 4.74 Å². The van der Waals surface area contributed by atoms with Crippen LogP contribution >= 0.6 is 0 Å². The van der Waals surface area contributed by atoms with Crippen LogP contribution in [0.3, 0.4) is 0 Å². The molecule has 3 heteroatoms. The van der Waals surface area contributed by atoms with Crippen molar-refractivity contribution >= 4 is 11.7 Å². The number of methoxy groups -OCH3 is 1. The third-order valence-corrected chi connectivity index (χ3v) is 2.92. The van der Waals surface area contributed by atoms with E-state index in [2.05, 4.69) is 4.85 Å². The third kappa shape index (κ3) is 1.79. The van der Waals surface area contributed by atoms with E-state index in [1.54, 1.807) is 6.07 Å². The second-order valence-electron chi connectivity index (χ2n) is 4.10. The maximum Gasteiger partial charge on any atom is 0.336 e. The average molecular weight is 215 g/mol. The second-order valence-corrected chi connectivity index (χ2v) is 4.10. The minimum absolute atomic E-state index is 0.371. The first-order valence-electron chi connectivity index (χ1n) is 5.27. The molecule has 0 amide bonds. The lowest BCUT2D eigenvalue weighted by atomic mass is 10.0. The van der Waals surface area contributed by atoms with Gasteiger partial charge in [-0.1, -0.05) is 6.07 Å². The molecule has 0 atom stereocenters. The SMILES string of the molecule is [C-]#[N+]c1cc(C(=O)OC)c(C)cc1C1CC1. The number of ether oxygens (including phenoxy) is 1. The fraction of sp³-hybridized carbons (Fsp3) is 0.385. The highest BCUT2D eigenvalue weighted by Crippen LogP contribution is 2.45. The summed E-state index contributed by atoms with van der Waals surface area (Å²) >= 11 is 0. The molecule has 0 aliphatic heterocycles. The van der Waals surface area contributed by atoms with E-state index in [1.165, 1.54) is 7.11 Å². The number of aryl methyl sites for hydroxylation is 1. The summed E-state index contributed by atoms with van der Waals surface area (Å²) in [6, 6.07) is 3.61. The van der Waals surface area contributed by atoms with Gasteiger partial charge in [0.1, 0.15) is 0 Å². The number of carbonyl (C=O) groups excluding carboxylic acids is 1. The zero-order chi connectivity index (χ0) is 11.7. The first-order chi connectivity index (χ1) is 7.67. The van der Waals surface area contributed by atoms with Crippen LogP contribution in [0, 0.1) is 13.5 Å². The quantitative estimate of drug-likeness (QED) is 0.560. The van der Waals surface area contributed by atoms with Gasteiger partial charge >= 0.3 is 5.97 Å². The molecule has 1 aliphatic rings. The summed E-state index contributed by atoms with van der Waals surface area (Å²) in [5.41, 5.74) is 3.06. The molecule has 0 heterocycles. The molecule has 1 aromatic rings. The van der Waals surface area contributed by atoms with Crippen LogP contribution in [0.15, 0.2) is 12.1 Å². The molecule has 0 aromatic heterocycles. The highest BCUT2D eigenvalue weighted by atomic mass is 16.5. The number of esters is 1. The van der Waals surface area contributed by atoms with Gasteiger partial charge in [-0.15, -0.1) is 0 Å². The van der Waals surface area contributed by atoms with Crippen LogP contribution in [-0.2, 0) is 4.74 Å². The molecule has 0 radical (unpaired) electrons. The molecule has 0 bridgehead atoms.